The third-order valence-electron chi connectivity index (χ3n) is 1.64. The number of rotatable bonds is 3. The van der Waals surface area contributed by atoms with Crippen LogP contribution in [0.4, 0.5) is 5.69 Å². The molecule has 0 saturated heterocycles. The van der Waals surface area contributed by atoms with Crippen molar-refractivity contribution in [3.8, 4) is 0 Å². The zero-order chi connectivity index (χ0) is 10.7. The van der Waals surface area contributed by atoms with Gasteiger partial charge in [-0.25, -0.2) is 9.78 Å². The van der Waals surface area contributed by atoms with Crippen LogP contribution in [0.5, 0.6) is 0 Å². The fourth-order valence-electron chi connectivity index (χ4n) is 0.978. The molecule has 74 valence electrons. The Kier molecular flexibility index (Phi) is 3.19. The van der Waals surface area contributed by atoms with Crippen LogP contribution in [-0.2, 0) is 0 Å². The maximum Gasteiger partial charge on any atom is 0.354 e. The molecule has 1 rings (SSSR count). The Labute approximate surface area is 88.8 Å². The van der Waals surface area contributed by atoms with Gasteiger partial charge in [0.2, 0.25) is 0 Å². The monoisotopic (exact) mass is 257 g/mol. The fourth-order valence-corrected chi connectivity index (χ4v) is 1.50. The first kappa shape index (κ1) is 10.6. The number of carboxylic acid groups (broad SMARTS) is 1. The Morgan fingerprint density at radius 2 is 2.43 bits per heavy atom. The van der Waals surface area contributed by atoms with Crippen LogP contribution in [0.3, 0.4) is 0 Å². The number of nitrogens with zero attached hydrogens (tertiary/aromatic N) is 1. The molecule has 0 aliphatic heterocycles. The zero-order valence-corrected chi connectivity index (χ0v) is 8.92. The van der Waals surface area contributed by atoms with E-state index in [2.05, 4.69) is 26.2 Å². The van der Waals surface area contributed by atoms with Crippen LogP contribution in [0.2, 0.25) is 0 Å². The Balaban J connectivity index is 3.38. The van der Waals surface area contributed by atoms with Gasteiger partial charge in [0.1, 0.15) is 4.60 Å². The molecule has 1 aromatic heterocycles. The number of hydrogen-bond donors (Lipinski definition) is 3. The average Bonchev–Trinajstić information content (AvgIpc) is 2.16. The molecule has 0 aromatic carbocycles. The molecular weight excluding hydrogens is 250 g/mol. The van der Waals surface area contributed by atoms with E-state index in [0.29, 0.717) is 15.9 Å². The summed E-state index contributed by atoms with van der Waals surface area (Å²) in [5.41, 5.74) is 1.02. The van der Waals surface area contributed by atoms with E-state index in [0.717, 1.165) is 6.21 Å². The quantitative estimate of drug-likeness (QED) is 0.567. The number of carbonyl (C=O) groups is 1. The third kappa shape index (κ3) is 1.90. The van der Waals surface area contributed by atoms with Crippen molar-refractivity contribution >= 4 is 33.8 Å². The first-order chi connectivity index (χ1) is 6.60. The van der Waals surface area contributed by atoms with Gasteiger partial charge in [-0.05, 0) is 22.0 Å². The molecule has 0 aliphatic rings. The molecule has 0 radical (unpaired) electrons. The minimum absolute atomic E-state index is 0.0631. The molecular formula is C8H8BrN3O2. The second-order valence-corrected chi connectivity index (χ2v) is 3.21. The Bertz CT molecular complexity index is 392. The van der Waals surface area contributed by atoms with Crippen molar-refractivity contribution in [3.63, 3.8) is 0 Å². The normalized spacial score (nSPS) is 9.57. The molecule has 0 spiro atoms. The maximum absolute atomic E-state index is 10.7. The van der Waals surface area contributed by atoms with Gasteiger partial charge >= 0.3 is 5.97 Å². The van der Waals surface area contributed by atoms with Crippen molar-refractivity contribution in [2.45, 2.75) is 0 Å². The molecule has 14 heavy (non-hydrogen) atoms. The number of nitrogens with one attached hydrogen (secondary N) is 2. The summed E-state index contributed by atoms with van der Waals surface area (Å²) in [6, 6.07) is 1.38. The van der Waals surface area contributed by atoms with Crippen molar-refractivity contribution in [2.24, 2.45) is 0 Å². The number of hydrogen-bond acceptors (Lipinski definition) is 4. The molecule has 1 aromatic rings. The number of carboxylic acids is 1. The highest BCUT2D eigenvalue weighted by Gasteiger charge is 2.12. The maximum atomic E-state index is 10.7. The lowest BCUT2D eigenvalue weighted by Crippen LogP contribution is -2.05. The van der Waals surface area contributed by atoms with E-state index in [9.17, 15) is 4.79 Å². The minimum atomic E-state index is -1.10. The van der Waals surface area contributed by atoms with E-state index >= 15 is 0 Å². The number of aromatic carboxylic acids is 1. The smallest absolute Gasteiger partial charge is 0.354 e. The summed E-state index contributed by atoms with van der Waals surface area (Å²) >= 11 is 3.10. The lowest BCUT2D eigenvalue weighted by molar-refractivity contribution is 0.0690. The highest BCUT2D eigenvalue weighted by molar-refractivity contribution is 9.10. The molecule has 3 N–H and O–H groups in total. The third-order valence-corrected chi connectivity index (χ3v) is 2.25. The van der Waals surface area contributed by atoms with Gasteiger partial charge in [-0.2, -0.15) is 0 Å². The summed E-state index contributed by atoms with van der Waals surface area (Å²) in [4.78, 5) is 14.4. The fraction of sp³-hybridized carbons (Fsp3) is 0.125. The van der Waals surface area contributed by atoms with Crippen LogP contribution >= 0.6 is 15.9 Å². The number of anilines is 1. The molecule has 0 unspecified atom stereocenters. The van der Waals surface area contributed by atoms with Gasteiger partial charge in [0.15, 0.2) is 5.69 Å². The molecule has 0 atom stereocenters. The largest absolute Gasteiger partial charge is 0.477 e. The predicted octanol–water partition coefficient (Wildman–Crippen LogP) is 1.58. The number of halogens is 1. The lowest BCUT2D eigenvalue weighted by Gasteiger charge is -2.07. The summed E-state index contributed by atoms with van der Waals surface area (Å²) < 4.78 is 0.344. The second-order valence-electron chi connectivity index (χ2n) is 2.46. The Morgan fingerprint density at radius 3 is 2.86 bits per heavy atom. The van der Waals surface area contributed by atoms with E-state index < -0.39 is 5.97 Å². The van der Waals surface area contributed by atoms with Crippen LogP contribution in [0.1, 0.15) is 16.1 Å². The van der Waals surface area contributed by atoms with Crippen molar-refractivity contribution in [2.75, 3.05) is 12.4 Å². The lowest BCUT2D eigenvalue weighted by atomic mass is 10.2. The molecule has 1 heterocycles. The second kappa shape index (κ2) is 4.19. The first-order valence-corrected chi connectivity index (χ1v) is 4.51. The van der Waals surface area contributed by atoms with Gasteiger partial charge in [0.05, 0.1) is 0 Å². The van der Waals surface area contributed by atoms with Gasteiger partial charge in [-0.3, -0.25) is 0 Å². The van der Waals surface area contributed by atoms with Gasteiger partial charge in [0, 0.05) is 24.5 Å². The van der Waals surface area contributed by atoms with Gasteiger partial charge < -0.3 is 15.8 Å². The highest BCUT2D eigenvalue weighted by atomic mass is 79.9. The summed E-state index contributed by atoms with van der Waals surface area (Å²) in [6.07, 6.45) is 1.11. The number of pyridine rings is 1. The summed E-state index contributed by atoms with van der Waals surface area (Å²) in [5, 5.41) is 18.6. The highest BCUT2D eigenvalue weighted by Crippen LogP contribution is 2.22. The predicted molar refractivity (Wildman–Crippen MR) is 56.3 cm³/mol. The van der Waals surface area contributed by atoms with Crippen molar-refractivity contribution in [1.29, 1.82) is 5.41 Å². The van der Waals surface area contributed by atoms with Crippen LogP contribution in [0, 0.1) is 5.41 Å². The topological polar surface area (TPSA) is 86.1 Å². The number of aromatic nitrogens is 1. The van der Waals surface area contributed by atoms with E-state index in [-0.39, 0.29) is 5.69 Å². The van der Waals surface area contributed by atoms with Crippen LogP contribution in [0.15, 0.2) is 10.7 Å². The van der Waals surface area contributed by atoms with E-state index in [1.165, 1.54) is 6.07 Å². The molecule has 0 fully saturated rings. The molecule has 0 saturated carbocycles. The standard InChI is InChI=1S/C8H8BrN3O2/c1-11-5-2-6(8(13)14)12-7(9)4(5)3-10/h2-3,10H,1H3,(H,11,12)(H,13,14). The average molecular weight is 258 g/mol. The summed E-state index contributed by atoms with van der Waals surface area (Å²) in [6.45, 7) is 0. The van der Waals surface area contributed by atoms with Gasteiger partial charge in [-0.1, -0.05) is 0 Å². The Morgan fingerprint density at radius 1 is 1.79 bits per heavy atom. The molecule has 0 aliphatic carbocycles. The minimum Gasteiger partial charge on any atom is -0.477 e. The SMILES string of the molecule is CNc1cc(C(=O)O)nc(Br)c1C=N. The van der Waals surface area contributed by atoms with E-state index in [1.54, 1.807) is 7.05 Å². The Hall–Kier alpha value is -1.43. The molecule has 0 bridgehead atoms. The summed E-state index contributed by atoms with van der Waals surface area (Å²) in [7, 11) is 1.65. The van der Waals surface area contributed by atoms with Crippen LogP contribution in [-0.4, -0.2) is 29.3 Å². The summed E-state index contributed by atoms with van der Waals surface area (Å²) in [5.74, 6) is -1.10. The van der Waals surface area contributed by atoms with Crippen LogP contribution < -0.4 is 5.32 Å². The van der Waals surface area contributed by atoms with Crippen molar-refractivity contribution < 1.29 is 9.90 Å². The van der Waals surface area contributed by atoms with E-state index in [1.807, 2.05) is 0 Å². The molecule has 5 nitrogen and oxygen atoms in total. The molecule has 6 heteroatoms. The van der Waals surface area contributed by atoms with Gasteiger partial charge in [0.25, 0.3) is 0 Å². The van der Waals surface area contributed by atoms with Gasteiger partial charge in [-0.15, -0.1) is 0 Å². The zero-order valence-electron chi connectivity index (χ0n) is 7.34. The first-order valence-electron chi connectivity index (χ1n) is 3.72. The van der Waals surface area contributed by atoms with E-state index in [4.69, 9.17) is 10.5 Å². The van der Waals surface area contributed by atoms with Crippen LogP contribution in [0.25, 0.3) is 0 Å². The molecule has 0 amide bonds. The van der Waals surface area contributed by atoms with Crippen molar-refractivity contribution in [1.82, 2.24) is 4.98 Å². The van der Waals surface area contributed by atoms with Crippen molar-refractivity contribution in [3.05, 3.63) is 21.9 Å².